The van der Waals surface area contributed by atoms with Crippen LogP contribution in [0.25, 0.3) is 0 Å². The standard InChI is InChI=1S/C18H17N3O2S2/c1-11-19-14(9-24-11)8-23-15-4-2-3-13(7-15)17(22)21-18-20-16(10-25-18)12-5-6-12/h2-4,7,9-10,12H,5-6,8H2,1H3,(H,20,21,22). The van der Waals surface area contributed by atoms with Crippen LogP contribution in [0.5, 0.6) is 5.75 Å². The number of aromatic nitrogens is 2. The normalized spacial score (nSPS) is 13.6. The van der Waals surface area contributed by atoms with Gasteiger partial charge < -0.3 is 4.74 Å². The van der Waals surface area contributed by atoms with E-state index in [0.29, 0.717) is 29.0 Å². The number of carbonyl (C=O) groups is 1. The van der Waals surface area contributed by atoms with Gasteiger partial charge in [0.25, 0.3) is 5.91 Å². The fourth-order valence-corrected chi connectivity index (χ4v) is 3.82. The second kappa shape index (κ2) is 6.93. The van der Waals surface area contributed by atoms with Crippen LogP contribution in [0.15, 0.2) is 35.0 Å². The third kappa shape index (κ3) is 4.05. The minimum Gasteiger partial charge on any atom is -0.487 e. The van der Waals surface area contributed by atoms with Crippen molar-refractivity contribution in [3.05, 3.63) is 57.0 Å². The maximum atomic E-state index is 12.4. The Labute approximate surface area is 153 Å². The van der Waals surface area contributed by atoms with Gasteiger partial charge in [0.15, 0.2) is 5.13 Å². The molecule has 0 bridgehead atoms. The molecule has 128 valence electrons. The Hall–Kier alpha value is -2.25. The molecule has 0 spiro atoms. The van der Waals surface area contributed by atoms with E-state index in [1.165, 1.54) is 24.2 Å². The van der Waals surface area contributed by atoms with E-state index in [-0.39, 0.29) is 5.91 Å². The predicted molar refractivity (Wildman–Crippen MR) is 99.7 cm³/mol. The van der Waals surface area contributed by atoms with Gasteiger partial charge in [-0.05, 0) is 38.0 Å². The van der Waals surface area contributed by atoms with Crippen LogP contribution in [0.3, 0.4) is 0 Å². The number of ether oxygens (including phenoxy) is 1. The molecule has 1 aromatic carbocycles. The number of nitrogens with one attached hydrogen (secondary N) is 1. The van der Waals surface area contributed by atoms with Crippen LogP contribution in [0.1, 0.15) is 45.5 Å². The molecule has 7 heteroatoms. The molecular formula is C18H17N3O2S2. The Morgan fingerprint density at radius 3 is 2.92 bits per heavy atom. The maximum Gasteiger partial charge on any atom is 0.257 e. The fourth-order valence-electron chi connectivity index (χ4n) is 2.44. The summed E-state index contributed by atoms with van der Waals surface area (Å²) >= 11 is 3.07. The molecule has 2 aromatic heterocycles. The summed E-state index contributed by atoms with van der Waals surface area (Å²) in [5.41, 5.74) is 2.54. The third-order valence-electron chi connectivity index (χ3n) is 3.89. The van der Waals surface area contributed by atoms with E-state index in [2.05, 4.69) is 15.3 Å². The molecule has 1 saturated carbocycles. The van der Waals surface area contributed by atoms with Gasteiger partial charge in [0, 0.05) is 22.2 Å². The number of hydrogen-bond donors (Lipinski definition) is 1. The Bertz CT molecular complexity index is 899. The van der Waals surface area contributed by atoms with Crippen molar-refractivity contribution < 1.29 is 9.53 Å². The van der Waals surface area contributed by atoms with Gasteiger partial charge in [0.2, 0.25) is 0 Å². The number of nitrogens with zero attached hydrogens (tertiary/aromatic N) is 2. The third-order valence-corrected chi connectivity index (χ3v) is 5.49. The molecule has 1 aliphatic rings. The maximum absolute atomic E-state index is 12.4. The largest absolute Gasteiger partial charge is 0.487 e. The number of aryl methyl sites for hydroxylation is 1. The Morgan fingerprint density at radius 1 is 1.28 bits per heavy atom. The molecule has 3 aromatic rings. The highest BCUT2D eigenvalue weighted by Gasteiger charge is 2.26. The highest BCUT2D eigenvalue weighted by Crippen LogP contribution is 2.40. The van der Waals surface area contributed by atoms with Crippen molar-refractivity contribution in [1.82, 2.24) is 9.97 Å². The summed E-state index contributed by atoms with van der Waals surface area (Å²) in [6, 6.07) is 7.16. The van der Waals surface area contributed by atoms with Crippen LogP contribution in [-0.2, 0) is 6.61 Å². The molecule has 4 rings (SSSR count). The lowest BCUT2D eigenvalue weighted by Crippen LogP contribution is -2.12. The molecule has 0 unspecified atom stereocenters. The predicted octanol–water partition coefficient (Wildman–Crippen LogP) is 4.62. The summed E-state index contributed by atoms with van der Waals surface area (Å²) in [4.78, 5) is 21.3. The van der Waals surface area contributed by atoms with Crippen molar-refractivity contribution in [2.24, 2.45) is 0 Å². The van der Waals surface area contributed by atoms with Gasteiger partial charge in [-0.15, -0.1) is 22.7 Å². The van der Waals surface area contributed by atoms with Gasteiger partial charge in [-0.1, -0.05) is 6.07 Å². The van der Waals surface area contributed by atoms with Gasteiger partial charge in [-0.2, -0.15) is 0 Å². The smallest absolute Gasteiger partial charge is 0.257 e. The van der Waals surface area contributed by atoms with Crippen LogP contribution in [0.4, 0.5) is 5.13 Å². The van der Waals surface area contributed by atoms with E-state index in [4.69, 9.17) is 4.74 Å². The van der Waals surface area contributed by atoms with E-state index in [9.17, 15) is 4.79 Å². The highest BCUT2D eigenvalue weighted by molar-refractivity contribution is 7.14. The Kier molecular flexibility index (Phi) is 4.50. The lowest BCUT2D eigenvalue weighted by Gasteiger charge is -2.07. The average molecular weight is 371 g/mol. The molecule has 0 aliphatic heterocycles. The topological polar surface area (TPSA) is 64.1 Å². The van der Waals surface area contributed by atoms with Crippen molar-refractivity contribution in [3.63, 3.8) is 0 Å². The Balaban J connectivity index is 1.39. The number of anilines is 1. The summed E-state index contributed by atoms with van der Waals surface area (Å²) in [5.74, 6) is 1.07. The summed E-state index contributed by atoms with van der Waals surface area (Å²) in [5, 5.41) is 8.54. The fraction of sp³-hybridized carbons (Fsp3) is 0.278. The zero-order chi connectivity index (χ0) is 17.2. The number of rotatable bonds is 6. The van der Waals surface area contributed by atoms with Gasteiger partial charge in [0.05, 0.1) is 16.4 Å². The van der Waals surface area contributed by atoms with Crippen molar-refractivity contribution in [2.75, 3.05) is 5.32 Å². The van der Waals surface area contributed by atoms with Crippen LogP contribution < -0.4 is 10.1 Å². The van der Waals surface area contributed by atoms with E-state index >= 15 is 0 Å². The Morgan fingerprint density at radius 2 is 2.16 bits per heavy atom. The summed E-state index contributed by atoms with van der Waals surface area (Å²) < 4.78 is 5.74. The van der Waals surface area contributed by atoms with Crippen LogP contribution in [0.2, 0.25) is 0 Å². The van der Waals surface area contributed by atoms with Gasteiger partial charge in [-0.25, -0.2) is 9.97 Å². The van der Waals surface area contributed by atoms with Crippen LogP contribution in [-0.4, -0.2) is 15.9 Å². The van der Waals surface area contributed by atoms with Crippen molar-refractivity contribution in [3.8, 4) is 5.75 Å². The van der Waals surface area contributed by atoms with E-state index in [1.54, 1.807) is 23.5 Å². The molecule has 0 saturated heterocycles. The quantitative estimate of drug-likeness (QED) is 0.687. The zero-order valence-corrected chi connectivity index (χ0v) is 15.3. The van der Waals surface area contributed by atoms with Crippen LogP contribution >= 0.6 is 22.7 Å². The highest BCUT2D eigenvalue weighted by atomic mass is 32.1. The van der Waals surface area contributed by atoms with Gasteiger partial charge >= 0.3 is 0 Å². The van der Waals surface area contributed by atoms with Crippen LogP contribution in [0, 0.1) is 6.92 Å². The number of hydrogen-bond acceptors (Lipinski definition) is 6. The molecule has 1 fully saturated rings. The van der Waals surface area contributed by atoms with Gasteiger partial charge in [0.1, 0.15) is 12.4 Å². The first-order valence-electron chi connectivity index (χ1n) is 8.08. The average Bonchev–Trinajstić information content (AvgIpc) is 3.23. The molecule has 1 aliphatic carbocycles. The van der Waals surface area contributed by atoms with Crippen molar-refractivity contribution in [1.29, 1.82) is 0 Å². The lowest BCUT2D eigenvalue weighted by molar-refractivity contribution is 0.102. The number of thiazole rings is 2. The van der Waals surface area contributed by atoms with Crippen molar-refractivity contribution >= 4 is 33.7 Å². The SMILES string of the molecule is Cc1nc(COc2cccc(C(=O)Nc3nc(C4CC4)cs3)c2)cs1. The zero-order valence-electron chi connectivity index (χ0n) is 13.7. The first kappa shape index (κ1) is 16.2. The van der Waals surface area contributed by atoms with E-state index in [0.717, 1.165) is 16.4 Å². The summed E-state index contributed by atoms with van der Waals surface area (Å²) in [6.45, 7) is 2.36. The second-order valence-electron chi connectivity index (χ2n) is 5.98. The minimum absolute atomic E-state index is 0.174. The van der Waals surface area contributed by atoms with E-state index in [1.807, 2.05) is 29.8 Å². The lowest BCUT2D eigenvalue weighted by atomic mass is 10.2. The first-order chi connectivity index (χ1) is 12.2. The molecule has 1 amide bonds. The molecular weight excluding hydrogens is 354 g/mol. The van der Waals surface area contributed by atoms with Gasteiger partial charge in [-0.3, -0.25) is 10.1 Å². The van der Waals surface area contributed by atoms with Crippen molar-refractivity contribution in [2.45, 2.75) is 32.3 Å². The molecule has 2 heterocycles. The molecule has 0 radical (unpaired) electrons. The number of amides is 1. The molecule has 5 nitrogen and oxygen atoms in total. The summed E-state index contributed by atoms with van der Waals surface area (Å²) in [6.07, 6.45) is 2.41. The minimum atomic E-state index is -0.174. The number of carbonyl (C=O) groups excluding carboxylic acids is 1. The number of benzene rings is 1. The summed E-state index contributed by atoms with van der Waals surface area (Å²) in [7, 11) is 0. The molecule has 25 heavy (non-hydrogen) atoms. The second-order valence-corrected chi connectivity index (χ2v) is 7.90. The first-order valence-corrected chi connectivity index (χ1v) is 9.84. The molecule has 0 atom stereocenters. The monoisotopic (exact) mass is 371 g/mol. The van der Waals surface area contributed by atoms with E-state index < -0.39 is 0 Å². The molecule has 1 N–H and O–H groups in total.